The molecule has 0 aliphatic rings. The normalized spacial score (nSPS) is 12.4. The second-order valence-electron chi connectivity index (χ2n) is 5.71. The summed E-state index contributed by atoms with van der Waals surface area (Å²) in [5.41, 5.74) is 7.75. The van der Waals surface area contributed by atoms with Crippen LogP contribution in [0.5, 0.6) is 0 Å². The third kappa shape index (κ3) is 4.76. The van der Waals surface area contributed by atoms with Crippen LogP contribution < -0.4 is 11.1 Å². The zero-order chi connectivity index (χ0) is 19.4. The molecule has 0 aliphatic carbocycles. The van der Waals surface area contributed by atoms with Crippen molar-refractivity contribution in [2.45, 2.75) is 25.6 Å². The van der Waals surface area contributed by atoms with E-state index >= 15 is 0 Å². The third-order valence-electron chi connectivity index (χ3n) is 3.74. The van der Waals surface area contributed by atoms with E-state index in [0.29, 0.717) is 34.7 Å². The van der Waals surface area contributed by atoms with E-state index in [1.165, 1.54) is 0 Å². The van der Waals surface area contributed by atoms with Crippen molar-refractivity contribution in [2.24, 2.45) is 5.73 Å². The molecule has 0 aromatic carbocycles. The highest BCUT2D eigenvalue weighted by Gasteiger charge is 2.20. The van der Waals surface area contributed by atoms with Crippen molar-refractivity contribution in [1.82, 2.24) is 4.98 Å². The van der Waals surface area contributed by atoms with Crippen molar-refractivity contribution in [2.75, 3.05) is 11.9 Å². The average molecular weight is 412 g/mol. The van der Waals surface area contributed by atoms with Crippen LogP contribution in [-0.4, -0.2) is 24.2 Å². The van der Waals surface area contributed by atoms with Gasteiger partial charge < -0.3 is 20.2 Å². The van der Waals surface area contributed by atoms with Gasteiger partial charge in [-0.15, -0.1) is 17.8 Å². The highest BCUT2D eigenvalue weighted by molar-refractivity contribution is 7.09. The summed E-state index contributed by atoms with van der Waals surface area (Å²) in [7, 11) is 0. The number of anilines is 1. The molecular weight excluding hydrogens is 396 g/mol. The molecular formula is C18H16ClF2N3O2S. The summed E-state index contributed by atoms with van der Waals surface area (Å²) >= 11 is 7.74. The van der Waals surface area contributed by atoms with E-state index in [9.17, 15) is 8.78 Å². The number of thiophene rings is 1. The van der Waals surface area contributed by atoms with Crippen LogP contribution in [-0.2, 0) is 17.7 Å². The number of hydrogen-bond acceptors (Lipinski definition) is 6. The maximum atomic E-state index is 12.2. The summed E-state index contributed by atoms with van der Waals surface area (Å²) in [6.45, 7) is -2.63. The smallest absolute Gasteiger partial charge is 0.345 e. The fourth-order valence-electron chi connectivity index (χ4n) is 2.59. The van der Waals surface area contributed by atoms with Gasteiger partial charge in [-0.1, -0.05) is 23.6 Å². The summed E-state index contributed by atoms with van der Waals surface area (Å²) in [6.07, 6.45) is 5.74. The molecule has 0 spiro atoms. The standard InChI is InChI=1S/C18H16ClF2N3O2S/c1-2-12-14(6-10(22)9-25-18(20)21)26-17-13(7-15(19)24-16(12)17)23-8-11-4-3-5-27-11/h1,3-5,7,10,18H,6,8-9,22H2,(H,23,24)/t10-/m1/s1. The van der Waals surface area contributed by atoms with Gasteiger partial charge in [0.2, 0.25) is 0 Å². The number of nitrogens with one attached hydrogen (secondary N) is 1. The van der Waals surface area contributed by atoms with Gasteiger partial charge in [-0.25, -0.2) is 4.98 Å². The summed E-state index contributed by atoms with van der Waals surface area (Å²) < 4.78 is 34.5. The molecule has 3 aromatic heterocycles. The molecule has 0 radical (unpaired) electrons. The quantitative estimate of drug-likeness (QED) is 0.428. The van der Waals surface area contributed by atoms with Crippen LogP contribution in [0.2, 0.25) is 5.15 Å². The fourth-order valence-corrected chi connectivity index (χ4v) is 3.43. The number of alkyl halides is 2. The Balaban J connectivity index is 1.89. The van der Waals surface area contributed by atoms with Gasteiger partial charge in [0.1, 0.15) is 16.4 Å². The van der Waals surface area contributed by atoms with Gasteiger partial charge in [-0.3, -0.25) is 0 Å². The number of nitrogens with two attached hydrogens (primary N) is 1. The number of pyridine rings is 1. The molecule has 3 aromatic rings. The zero-order valence-electron chi connectivity index (χ0n) is 14.0. The minimum atomic E-state index is -2.88. The lowest BCUT2D eigenvalue weighted by atomic mass is 10.1. The number of nitrogens with zero attached hydrogens (tertiary/aromatic N) is 1. The Kier molecular flexibility index (Phi) is 6.29. The first-order valence-electron chi connectivity index (χ1n) is 7.98. The number of halogens is 3. The lowest BCUT2D eigenvalue weighted by Gasteiger charge is -2.10. The zero-order valence-corrected chi connectivity index (χ0v) is 15.6. The number of rotatable bonds is 8. The van der Waals surface area contributed by atoms with E-state index in [1.807, 2.05) is 17.5 Å². The molecule has 27 heavy (non-hydrogen) atoms. The molecule has 1 atom stereocenters. The molecule has 0 unspecified atom stereocenters. The van der Waals surface area contributed by atoms with Crippen LogP contribution in [0.25, 0.3) is 11.1 Å². The predicted octanol–water partition coefficient (Wildman–Crippen LogP) is 4.25. The molecule has 3 heterocycles. The van der Waals surface area contributed by atoms with E-state index in [0.717, 1.165) is 4.88 Å². The van der Waals surface area contributed by atoms with Gasteiger partial charge in [0, 0.05) is 30.0 Å². The van der Waals surface area contributed by atoms with Crippen molar-refractivity contribution in [1.29, 1.82) is 0 Å². The first-order chi connectivity index (χ1) is 13.0. The second kappa shape index (κ2) is 8.67. The topological polar surface area (TPSA) is 73.3 Å². The van der Waals surface area contributed by atoms with Gasteiger partial charge in [0.15, 0.2) is 5.58 Å². The number of terminal acetylenes is 1. The maximum absolute atomic E-state index is 12.2. The van der Waals surface area contributed by atoms with Crippen molar-refractivity contribution in [3.63, 3.8) is 0 Å². The minimum Gasteiger partial charge on any atom is -0.456 e. The highest BCUT2D eigenvalue weighted by Crippen LogP contribution is 2.33. The molecule has 0 fully saturated rings. The highest BCUT2D eigenvalue weighted by atomic mass is 35.5. The van der Waals surface area contributed by atoms with Crippen LogP contribution in [0.15, 0.2) is 28.0 Å². The third-order valence-corrected chi connectivity index (χ3v) is 4.81. The Morgan fingerprint density at radius 1 is 1.48 bits per heavy atom. The Labute approximate surface area is 163 Å². The van der Waals surface area contributed by atoms with Crippen molar-refractivity contribution < 1.29 is 17.9 Å². The Morgan fingerprint density at radius 2 is 2.30 bits per heavy atom. The largest absolute Gasteiger partial charge is 0.456 e. The lowest BCUT2D eigenvalue weighted by Crippen LogP contribution is -2.29. The molecule has 9 heteroatoms. The van der Waals surface area contributed by atoms with Gasteiger partial charge >= 0.3 is 6.61 Å². The van der Waals surface area contributed by atoms with E-state index in [2.05, 4.69) is 21.0 Å². The molecule has 0 saturated heterocycles. The van der Waals surface area contributed by atoms with Crippen molar-refractivity contribution in [3.8, 4) is 12.3 Å². The summed E-state index contributed by atoms with van der Waals surface area (Å²) in [6, 6.07) is 4.90. The summed E-state index contributed by atoms with van der Waals surface area (Å²) in [5, 5.41) is 5.49. The number of ether oxygens (including phenoxy) is 1. The number of furan rings is 1. The van der Waals surface area contributed by atoms with Crippen LogP contribution in [0.3, 0.4) is 0 Å². The first kappa shape index (κ1) is 19.6. The fraction of sp³-hybridized carbons (Fsp3) is 0.278. The lowest BCUT2D eigenvalue weighted by molar-refractivity contribution is -0.132. The SMILES string of the molecule is C#Cc1c(C[C@@H](N)COC(F)F)oc2c(NCc3cccs3)cc(Cl)nc12. The monoisotopic (exact) mass is 411 g/mol. The molecule has 3 N–H and O–H groups in total. The van der Waals surface area contributed by atoms with Gasteiger partial charge in [0.05, 0.1) is 17.9 Å². The molecule has 3 rings (SSSR count). The predicted molar refractivity (Wildman–Crippen MR) is 102 cm³/mol. The summed E-state index contributed by atoms with van der Waals surface area (Å²) in [4.78, 5) is 5.38. The number of fused-ring (bicyclic) bond motifs is 1. The number of hydrogen-bond donors (Lipinski definition) is 2. The Bertz CT molecular complexity index is 954. The average Bonchev–Trinajstić information content (AvgIpc) is 3.25. The Hall–Kier alpha value is -2.18. The van der Waals surface area contributed by atoms with E-state index < -0.39 is 12.7 Å². The molecule has 0 amide bonds. The molecule has 0 aliphatic heterocycles. The Morgan fingerprint density at radius 3 is 2.96 bits per heavy atom. The second-order valence-corrected chi connectivity index (χ2v) is 7.13. The van der Waals surface area contributed by atoms with Crippen LogP contribution in [0, 0.1) is 12.3 Å². The molecule has 0 saturated carbocycles. The summed E-state index contributed by atoms with van der Waals surface area (Å²) in [5.74, 6) is 2.91. The van der Waals surface area contributed by atoms with Crippen LogP contribution in [0.1, 0.15) is 16.2 Å². The maximum Gasteiger partial charge on any atom is 0.345 e. The van der Waals surface area contributed by atoms with Crippen LogP contribution >= 0.6 is 22.9 Å². The van der Waals surface area contributed by atoms with Crippen molar-refractivity contribution in [3.05, 3.63) is 44.9 Å². The van der Waals surface area contributed by atoms with Crippen LogP contribution in [0.4, 0.5) is 14.5 Å². The molecule has 0 bridgehead atoms. The molecule has 142 valence electrons. The van der Waals surface area contributed by atoms with Gasteiger partial charge in [0.25, 0.3) is 0 Å². The minimum absolute atomic E-state index is 0.130. The van der Waals surface area contributed by atoms with Gasteiger partial charge in [-0.05, 0) is 11.4 Å². The molecule has 5 nitrogen and oxygen atoms in total. The van der Waals surface area contributed by atoms with E-state index in [4.69, 9.17) is 28.2 Å². The van der Waals surface area contributed by atoms with E-state index in [1.54, 1.807) is 17.4 Å². The van der Waals surface area contributed by atoms with E-state index in [-0.39, 0.29) is 18.2 Å². The van der Waals surface area contributed by atoms with Crippen molar-refractivity contribution >= 4 is 39.7 Å². The number of aromatic nitrogens is 1. The first-order valence-corrected chi connectivity index (χ1v) is 9.23. The van der Waals surface area contributed by atoms with Gasteiger partial charge in [-0.2, -0.15) is 8.78 Å².